The summed E-state index contributed by atoms with van der Waals surface area (Å²) < 4.78 is 0. The summed E-state index contributed by atoms with van der Waals surface area (Å²) in [7, 11) is 2.11. The third-order valence-corrected chi connectivity index (χ3v) is 2.89. The number of hydrogen-bond acceptors (Lipinski definition) is 2. The van der Waals surface area contributed by atoms with Gasteiger partial charge in [0, 0.05) is 23.8 Å². The predicted molar refractivity (Wildman–Crippen MR) is 56.2 cm³/mol. The second-order valence-electron chi connectivity index (χ2n) is 2.82. The number of rotatable bonds is 5. The van der Waals surface area contributed by atoms with Gasteiger partial charge in [0.05, 0.1) is 0 Å². The molecule has 0 fully saturated rings. The van der Waals surface area contributed by atoms with Crippen LogP contribution in [0.4, 0.5) is 0 Å². The minimum atomic E-state index is 0.723. The van der Waals surface area contributed by atoms with Crippen LogP contribution in [0, 0.1) is 0 Å². The molecule has 0 atom stereocenters. The molecule has 1 nitrogen and oxygen atoms in total. The van der Waals surface area contributed by atoms with Gasteiger partial charge in [-0.05, 0) is 24.9 Å². The quantitative estimate of drug-likeness (QED) is 0.665. The first-order chi connectivity index (χ1) is 5.83. The average Bonchev–Trinajstić information content (AvgIpc) is 2.53. The van der Waals surface area contributed by atoms with E-state index in [1.807, 2.05) is 11.3 Å². The number of hydrogen-bond donors (Lipinski definition) is 0. The Labute approximate surface area is 83.0 Å². The molecule has 0 aliphatic rings. The zero-order chi connectivity index (χ0) is 8.81. The minimum absolute atomic E-state index is 0.723. The van der Waals surface area contributed by atoms with Crippen molar-refractivity contribution >= 4 is 22.9 Å². The van der Waals surface area contributed by atoms with Gasteiger partial charge >= 0.3 is 0 Å². The second-order valence-corrected chi connectivity index (χ2v) is 4.23. The van der Waals surface area contributed by atoms with Gasteiger partial charge in [0.2, 0.25) is 0 Å². The van der Waals surface area contributed by atoms with E-state index in [-0.39, 0.29) is 0 Å². The summed E-state index contributed by atoms with van der Waals surface area (Å²) in [5.74, 6) is 0.723. The smallest absolute Gasteiger partial charge is 0.0351 e. The van der Waals surface area contributed by atoms with Gasteiger partial charge in [-0.25, -0.2) is 0 Å². The molecule has 0 spiro atoms. The van der Waals surface area contributed by atoms with Crippen LogP contribution in [0.1, 0.15) is 4.88 Å². The van der Waals surface area contributed by atoms with Gasteiger partial charge in [-0.3, -0.25) is 0 Å². The molecule has 1 aromatic heterocycles. The molecule has 0 saturated carbocycles. The number of alkyl halides is 1. The summed E-state index contributed by atoms with van der Waals surface area (Å²) in [4.78, 5) is 3.71. The zero-order valence-electron chi connectivity index (χ0n) is 7.29. The highest BCUT2D eigenvalue weighted by molar-refractivity contribution is 7.09. The summed E-state index contributed by atoms with van der Waals surface area (Å²) in [5, 5.41) is 2.12. The van der Waals surface area contributed by atoms with Crippen LogP contribution < -0.4 is 0 Å². The maximum atomic E-state index is 5.62. The standard InChI is InChI=1S/C9H14ClNS/c1-11(7-5-10)6-4-9-3-2-8-12-9/h2-3,8H,4-7H2,1H3. The maximum absolute atomic E-state index is 5.62. The van der Waals surface area contributed by atoms with E-state index in [0.29, 0.717) is 0 Å². The third kappa shape index (κ3) is 3.57. The first kappa shape index (κ1) is 10.0. The Morgan fingerprint density at radius 1 is 1.50 bits per heavy atom. The SMILES string of the molecule is CN(CCCl)CCc1cccs1. The van der Waals surface area contributed by atoms with Crippen molar-refractivity contribution in [2.24, 2.45) is 0 Å². The Morgan fingerprint density at radius 2 is 2.33 bits per heavy atom. The van der Waals surface area contributed by atoms with E-state index in [1.165, 1.54) is 4.88 Å². The molecule has 3 heteroatoms. The summed E-state index contributed by atoms with van der Waals surface area (Å²) >= 11 is 7.44. The average molecular weight is 204 g/mol. The fourth-order valence-corrected chi connectivity index (χ4v) is 2.00. The maximum Gasteiger partial charge on any atom is 0.0351 e. The molecule has 0 amide bonds. The molecule has 0 N–H and O–H groups in total. The van der Waals surface area contributed by atoms with Gasteiger partial charge < -0.3 is 4.90 Å². The lowest BCUT2D eigenvalue weighted by molar-refractivity contribution is 0.360. The first-order valence-corrected chi connectivity index (χ1v) is 5.51. The van der Waals surface area contributed by atoms with Crippen LogP contribution in [-0.4, -0.2) is 30.9 Å². The minimum Gasteiger partial charge on any atom is -0.305 e. The summed E-state index contributed by atoms with van der Waals surface area (Å²) in [6.45, 7) is 2.08. The van der Waals surface area contributed by atoms with Crippen LogP contribution in [0.25, 0.3) is 0 Å². The van der Waals surface area contributed by atoms with E-state index in [0.717, 1.165) is 25.4 Å². The number of likely N-dealkylation sites (N-methyl/N-ethyl adjacent to an activating group) is 1. The molecular weight excluding hydrogens is 190 g/mol. The molecule has 1 heterocycles. The van der Waals surface area contributed by atoms with Crippen LogP contribution in [-0.2, 0) is 6.42 Å². The van der Waals surface area contributed by atoms with Crippen LogP contribution in [0.5, 0.6) is 0 Å². The summed E-state index contributed by atoms with van der Waals surface area (Å²) in [6.07, 6.45) is 1.14. The van der Waals surface area contributed by atoms with Crippen LogP contribution in [0.3, 0.4) is 0 Å². The molecular formula is C9H14ClNS. The Hall–Kier alpha value is -0.0500. The fourth-order valence-electron chi connectivity index (χ4n) is 1.01. The molecule has 1 rings (SSSR count). The number of nitrogens with zero attached hydrogens (tertiary/aromatic N) is 1. The summed E-state index contributed by atoms with van der Waals surface area (Å²) in [6, 6.07) is 4.28. The van der Waals surface area contributed by atoms with Crippen molar-refractivity contribution in [3.05, 3.63) is 22.4 Å². The van der Waals surface area contributed by atoms with Gasteiger partial charge in [0.15, 0.2) is 0 Å². The van der Waals surface area contributed by atoms with Crippen molar-refractivity contribution in [3.63, 3.8) is 0 Å². The lowest BCUT2D eigenvalue weighted by Gasteiger charge is -2.13. The van der Waals surface area contributed by atoms with E-state index < -0.39 is 0 Å². The zero-order valence-corrected chi connectivity index (χ0v) is 8.87. The fraction of sp³-hybridized carbons (Fsp3) is 0.556. The Kier molecular flexibility index (Phi) is 4.66. The van der Waals surface area contributed by atoms with Crippen molar-refractivity contribution in [2.45, 2.75) is 6.42 Å². The van der Waals surface area contributed by atoms with Crippen molar-refractivity contribution in [2.75, 3.05) is 26.0 Å². The molecule has 0 aliphatic heterocycles. The molecule has 0 unspecified atom stereocenters. The monoisotopic (exact) mass is 203 g/mol. The number of thiophene rings is 1. The van der Waals surface area contributed by atoms with Crippen molar-refractivity contribution in [1.29, 1.82) is 0 Å². The van der Waals surface area contributed by atoms with Gasteiger partial charge in [-0.15, -0.1) is 22.9 Å². The van der Waals surface area contributed by atoms with Crippen molar-refractivity contribution in [1.82, 2.24) is 4.90 Å². The highest BCUT2D eigenvalue weighted by atomic mass is 35.5. The van der Waals surface area contributed by atoms with E-state index in [2.05, 4.69) is 29.5 Å². The lowest BCUT2D eigenvalue weighted by atomic mass is 10.3. The second kappa shape index (κ2) is 5.57. The highest BCUT2D eigenvalue weighted by Gasteiger charge is 1.98. The van der Waals surface area contributed by atoms with E-state index in [1.54, 1.807) is 0 Å². The van der Waals surface area contributed by atoms with Crippen molar-refractivity contribution in [3.8, 4) is 0 Å². The topological polar surface area (TPSA) is 3.24 Å². The Bertz CT molecular complexity index is 198. The van der Waals surface area contributed by atoms with E-state index in [9.17, 15) is 0 Å². The largest absolute Gasteiger partial charge is 0.305 e. The molecule has 0 aliphatic carbocycles. The predicted octanol–water partition coefficient (Wildman–Crippen LogP) is 2.46. The summed E-state index contributed by atoms with van der Waals surface area (Å²) in [5.41, 5.74) is 0. The molecule has 0 saturated heterocycles. The van der Waals surface area contributed by atoms with Crippen LogP contribution in [0.2, 0.25) is 0 Å². The molecule has 0 radical (unpaired) electrons. The van der Waals surface area contributed by atoms with Gasteiger partial charge in [-0.2, -0.15) is 0 Å². The van der Waals surface area contributed by atoms with Crippen LogP contribution in [0.15, 0.2) is 17.5 Å². The molecule has 0 bridgehead atoms. The van der Waals surface area contributed by atoms with E-state index in [4.69, 9.17) is 11.6 Å². The normalized spacial score (nSPS) is 10.9. The number of halogens is 1. The lowest BCUT2D eigenvalue weighted by Crippen LogP contribution is -2.22. The Balaban J connectivity index is 2.17. The van der Waals surface area contributed by atoms with Crippen LogP contribution >= 0.6 is 22.9 Å². The van der Waals surface area contributed by atoms with Crippen molar-refractivity contribution < 1.29 is 0 Å². The van der Waals surface area contributed by atoms with Gasteiger partial charge in [0.1, 0.15) is 0 Å². The molecule has 1 aromatic rings. The molecule has 0 aromatic carbocycles. The molecule has 12 heavy (non-hydrogen) atoms. The Morgan fingerprint density at radius 3 is 2.92 bits per heavy atom. The third-order valence-electron chi connectivity index (χ3n) is 1.79. The van der Waals surface area contributed by atoms with Gasteiger partial charge in [0.25, 0.3) is 0 Å². The van der Waals surface area contributed by atoms with E-state index >= 15 is 0 Å². The highest BCUT2D eigenvalue weighted by Crippen LogP contribution is 2.09. The molecule has 68 valence electrons. The first-order valence-electron chi connectivity index (χ1n) is 4.10. The van der Waals surface area contributed by atoms with Gasteiger partial charge in [-0.1, -0.05) is 6.07 Å².